The quantitative estimate of drug-likeness (QED) is 0.467. The predicted octanol–water partition coefficient (Wildman–Crippen LogP) is -0.0965. The van der Waals surface area contributed by atoms with Crippen LogP contribution in [0.3, 0.4) is 0 Å². The first kappa shape index (κ1) is 10.1. The minimum atomic E-state index is -4.63. The zero-order valence-electron chi connectivity index (χ0n) is 5.81. The lowest BCUT2D eigenvalue weighted by Gasteiger charge is -2.15. The highest BCUT2D eigenvalue weighted by atomic mass is 32.2. The molecular weight excluding hydrogens is 172 g/mol. The molecule has 5 nitrogen and oxygen atoms in total. The number of carboxylic acid groups (broad SMARTS) is 1. The monoisotopic (exact) mass is 180 g/mol. The molecule has 0 aliphatic heterocycles. The molecule has 0 aromatic carbocycles. The van der Waals surface area contributed by atoms with Crippen molar-refractivity contribution in [2.75, 3.05) is 0 Å². The van der Waals surface area contributed by atoms with Gasteiger partial charge in [-0.25, -0.2) is 0 Å². The summed E-state index contributed by atoms with van der Waals surface area (Å²) in [6.45, 7) is 3.85. The molecule has 0 fully saturated rings. The summed E-state index contributed by atoms with van der Waals surface area (Å²) in [5.41, 5.74) is 0. The molecule has 1 unspecified atom stereocenters. The van der Waals surface area contributed by atoms with Gasteiger partial charge in [0, 0.05) is 0 Å². The van der Waals surface area contributed by atoms with Crippen molar-refractivity contribution in [1.82, 2.24) is 0 Å². The van der Waals surface area contributed by atoms with Crippen LogP contribution in [0.15, 0.2) is 12.7 Å². The Bertz CT molecular complexity index is 277. The zero-order chi connectivity index (χ0) is 9.28. The van der Waals surface area contributed by atoms with Crippen molar-refractivity contribution in [2.24, 2.45) is 0 Å². The van der Waals surface area contributed by atoms with Crippen LogP contribution in [0.2, 0.25) is 0 Å². The zero-order valence-corrected chi connectivity index (χ0v) is 6.63. The second-order valence-corrected chi connectivity index (χ2v) is 3.89. The summed E-state index contributed by atoms with van der Waals surface area (Å²) < 4.78 is 27.0. The molecule has 0 aliphatic carbocycles. The Morgan fingerprint density at radius 3 is 2.00 bits per heavy atom. The number of aliphatic carboxylic acids is 1. The Morgan fingerprint density at radius 1 is 1.64 bits per heavy atom. The third-order valence-corrected chi connectivity index (χ3v) is 2.76. The molecule has 0 aromatic rings. The van der Waals surface area contributed by atoms with E-state index in [-0.39, 0.29) is 0 Å². The third kappa shape index (κ3) is 1.58. The number of carboxylic acids is 1. The molecule has 64 valence electrons. The number of carbonyl (C=O) groups is 1. The summed E-state index contributed by atoms with van der Waals surface area (Å²) in [6.07, 6.45) is 0.657. The Balaban J connectivity index is 5.26. The molecule has 0 saturated heterocycles. The number of hydrogen-bond acceptors (Lipinski definition) is 3. The summed E-state index contributed by atoms with van der Waals surface area (Å²) >= 11 is 0. The molecule has 0 amide bonds. The van der Waals surface area contributed by atoms with E-state index in [1.54, 1.807) is 0 Å². The molecule has 0 aliphatic rings. The van der Waals surface area contributed by atoms with Gasteiger partial charge in [0.2, 0.25) is 4.75 Å². The van der Waals surface area contributed by atoms with E-state index in [4.69, 9.17) is 9.66 Å². The summed E-state index contributed by atoms with van der Waals surface area (Å²) in [4.78, 5) is 10.3. The lowest BCUT2D eigenvalue weighted by molar-refractivity contribution is -0.138. The lowest BCUT2D eigenvalue weighted by atomic mass is 10.2. The van der Waals surface area contributed by atoms with Gasteiger partial charge in [-0.2, -0.15) is 8.42 Å². The molecule has 0 heterocycles. The van der Waals surface area contributed by atoms with Gasteiger partial charge in [-0.15, -0.1) is 6.58 Å². The lowest BCUT2D eigenvalue weighted by Crippen LogP contribution is -2.41. The maximum atomic E-state index is 10.4. The van der Waals surface area contributed by atoms with Crippen LogP contribution >= 0.6 is 0 Å². The van der Waals surface area contributed by atoms with E-state index in [9.17, 15) is 13.2 Å². The molecule has 0 bridgehead atoms. The fraction of sp³-hybridized carbons (Fsp3) is 0.400. The summed E-state index contributed by atoms with van der Waals surface area (Å²) in [7, 11) is -4.63. The van der Waals surface area contributed by atoms with Crippen LogP contribution in [0.1, 0.15) is 6.92 Å². The third-order valence-electron chi connectivity index (χ3n) is 1.35. The van der Waals surface area contributed by atoms with Crippen molar-refractivity contribution >= 4 is 16.1 Å². The van der Waals surface area contributed by atoms with Crippen molar-refractivity contribution < 1.29 is 22.9 Å². The van der Waals surface area contributed by atoms with E-state index in [0.29, 0.717) is 6.08 Å². The van der Waals surface area contributed by atoms with Gasteiger partial charge < -0.3 is 5.11 Å². The van der Waals surface area contributed by atoms with Crippen LogP contribution in [-0.2, 0) is 14.9 Å². The van der Waals surface area contributed by atoms with Gasteiger partial charge in [-0.05, 0) is 6.92 Å². The second kappa shape index (κ2) is 2.63. The van der Waals surface area contributed by atoms with Crippen LogP contribution in [0.25, 0.3) is 0 Å². The van der Waals surface area contributed by atoms with Crippen molar-refractivity contribution in [1.29, 1.82) is 0 Å². The maximum Gasteiger partial charge on any atom is 0.331 e. The molecule has 0 aromatic heterocycles. The highest BCUT2D eigenvalue weighted by Gasteiger charge is 2.42. The Hall–Kier alpha value is -0.880. The fourth-order valence-electron chi connectivity index (χ4n) is 0.303. The molecule has 0 saturated carbocycles. The number of rotatable bonds is 3. The average molecular weight is 180 g/mol. The predicted molar refractivity (Wildman–Crippen MR) is 37.8 cm³/mol. The topological polar surface area (TPSA) is 91.7 Å². The second-order valence-electron chi connectivity index (χ2n) is 2.09. The van der Waals surface area contributed by atoms with E-state index in [1.165, 1.54) is 0 Å². The largest absolute Gasteiger partial charge is 0.480 e. The molecule has 6 heteroatoms. The first-order chi connectivity index (χ1) is 4.75. The minimum absolute atomic E-state index is 0.657. The van der Waals surface area contributed by atoms with Gasteiger partial charge in [0.15, 0.2) is 0 Å². The SMILES string of the molecule is C=CC(C)(C(=O)O)S(=O)(=O)O. The first-order valence-electron chi connectivity index (χ1n) is 2.59. The van der Waals surface area contributed by atoms with Gasteiger partial charge in [0.1, 0.15) is 0 Å². The summed E-state index contributed by atoms with van der Waals surface area (Å²) in [6, 6.07) is 0. The van der Waals surface area contributed by atoms with Crippen molar-refractivity contribution in [2.45, 2.75) is 11.7 Å². The van der Waals surface area contributed by atoms with Gasteiger partial charge in [-0.3, -0.25) is 9.35 Å². The highest BCUT2D eigenvalue weighted by molar-refractivity contribution is 7.88. The smallest absolute Gasteiger partial charge is 0.331 e. The molecule has 1 atom stereocenters. The van der Waals surface area contributed by atoms with Gasteiger partial charge in [-0.1, -0.05) is 6.08 Å². The van der Waals surface area contributed by atoms with Crippen LogP contribution in [0.5, 0.6) is 0 Å². The van der Waals surface area contributed by atoms with E-state index in [2.05, 4.69) is 6.58 Å². The maximum absolute atomic E-state index is 10.4. The number of hydrogen-bond donors (Lipinski definition) is 2. The van der Waals surface area contributed by atoms with E-state index in [0.717, 1.165) is 6.92 Å². The summed E-state index contributed by atoms with van der Waals surface area (Å²) in [5.74, 6) is -1.66. The van der Waals surface area contributed by atoms with E-state index < -0.39 is 20.8 Å². The Morgan fingerprint density at radius 2 is 2.00 bits per heavy atom. The highest BCUT2D eigenvalue weighted by Crippen LogP contribution is 2.16. The Labute approximate surface area is 64.1 Å². The van der Waals surface area contributed by atoms with Crippen LogP contribution in [-0.4, -0.2) is 28.8 Å². The molecule has 0 radical (unpaired) electrons. The van der Waals surface area contributed by atoms with Crippen LogP contribution in [0, 0.1) is 0 Å². The van der Waals surface area contributed by atoms with Gasteiger partial charge in [0.25, 0.3) is 10.1 Å². The Kier molecular flexibility index (Phi) is 2.42. The molecule has 11 heavy (non-hydrogen) atoms. The fourth-order valence-corrected chi connectivity index (χ4v) is 0.734. The standard InChI is InChI=1S/C5H8O5S/c1-3-5(2,4(6)7)11(8,9)10/h3H,1H2,2H3,(H,6,7)(H,8,9,10). The first-order valence-corrected chi connectivity index (χ1v) is 4.03. The van der Waals surface area contributed by atoms with Crippen molar-refractivity contribution in [3.05, 3.63) is 12.7 Å². The van der Waals surface area contributed by atoms with Crippen molar-refractivity contribution in [3.63, 3.8) is 0 Å². The molecular formula is C5H8O5S. The molecule has 0 rings (SSSR count). The van der Waals surface area contributed by atoms with Gasteiger partial charge >= 0.3 is 5.97 Å². The van der Waals surface area contributed by atoms with Crippen LogP contribution < -0.4 is 0 Å². The minimum Gasteiger partial charge on any atom is -0.480 e. The normalized spacial score (nSPS) is 16.9. The molecule has 0 spiro atoms. The summed E-state index contributed by atoms with van der Waals surface area (Å²) in [5, 5.41) is 8.36. The van der Waals surface area contributed by atoms with Crippen molar-refractivity contribution in [3.8, 4) is 0 Å². The average Bonchev–Trinajstić information content (AvgIpc) is 1.83. The van der Waals surface area contributed by atoms with Crippen LogP contribution in [0.4, 0.5) is 0 Å². The van der Waals surface area contributed by atoms with E-state index in [1.807, 2.05) is 0 Å². The van der Waals surface area contributed by atoms with E-state index >= 15 is 0 Å². The molecule has 2 N–H and O–H groups in total. The van der Waals surface area contributed by atoms with Gasteiger partial charge in [0.05, 0.1) is 0 Å².